The molecule has 0 fully saturated rings. The van der Waals surface area contributed by atoms with Crippen LogP contribution in [0.15, 0.2) is 65.9 Å². The third kappa shape index (κ3) is 9.19. The van der Waals surface area contributed by atoms with Crippen molar-refractivity contribution in [2.45, 2.75) is 53.4 Å². The molecule has 1 nitrogen and oxygen atoms in total. The minimum Gasteiger partial charge on any atom is -0.388 e. The van der Waals surface area contributed by atoms with Gasteiger partial charge in [-0.05, 0) is 38.7 Å². The molecule has 0 aromatic heterocycles. The first-order valence-electron chi connectivity index (χ1n) is 9.15. The fourth-order valence-electron chi connectivity index (χ4n) is 2.32. The van der Waals surface area contributed by atoms with E-state index in [4.69, 9.17) is 0 Å². The van der Waals surface area contributed by atoms with Gasteiger partial charge >= 0.3 is 0 Å². The molecule has 1 rings (SSSR count). The first kappa shape index (κ1) is 20.0. The van der Waals surface area contributed by atoms with Crippen molar-refractivity contribution in [3.63, 3.8) is 0 Å². The van der Waals surface area contributed by atoms with Gasteiger partial charge in [0.2, 0.25) is 0 Å². The normalized spacial score (nSPS) is 13.2. The van der Waals surface area contributed by atoms with Gasteiger partial charge in [0.25, 0.3) is 0 Å². The fraction of sp³-hybridized carbons (Fsp3) is 0.391. The molecule has 0 bridgehead atoms. The Labute approximate surface area is 148 Å². The summed E-state index contributed by atoms with van der Waals surface area (Å²) in [7, 11) is 0. The Morgan fingerprint density at radius 2 is 1.75 bits per heavy atom. The van der Waals surface area contributed by atoms with E-state index in [2.05, 4.69) is 93.7 Å². The molecule has 0 spiro atoms. The molecule has 0 radical (unpaired) electrons. The second-order valence-electron chi connectivity index (χ2n) is 6.13. The Bertz CT molecular complexity index is 571. The van der Waals surface area contributed by atoms with Gasteiger partial charge in [-0.3, -0.25) is 0 Å². The maximum absolute atomic E-state index is 3.56. The highest BCUT2D eigenvalue weighted by molar-refractivity contribution is 5.53. The van der Waals surface area contributed by atoms with Gasteiger partial charge in [0.15, 0.2) is 0 Å². The third-order valence-corrected chi connectivity index (χ3v) is 3.78. The molecular formula is C23H33N. The van der Waals surface area contributed by atoms with E-state index >= 15 is 0 Å². The van der Waals surface area contributed by atoms with Crippen molar-refractivity contribution in [3.05, 3.63) is 77.0 Å². The van der Waals surface area contributed by atoms with Crippen LogP contribution in [0.2, 0.25) is 0 Å². The monoisotopic (exact) mass is 323 g/mol. The molecule has 0 saturated heterocycles. The van der Waals surface area contributed by atoms with Gasteiger partial charge in [0.05, 0.1) is 0 Å². The molecule has 0 atom stereocenters. The van der Waals surface area contributed by atoms with Gasteiger partial charge in [0.1, 0.15) is 0 Å². The van der Waals surface area contributed by atoms with Crippen molar-refractivity contribution in [2.75, 3.05) is 6.54 Å². The highest BCUT2D eigenvalue weighted by atomic mass is 14.9. The molecule has 0 heterocycles. The molecule has 0 aliphatic carbocycles. The highest BCUT2D eigenvalue weighted by Gasteiger charge is 1.94. The first-order chi connectivity index (χ1) is 11.7. The lowest BCUT2D eigenvalue weighted by Crippen LogP contribution is -2.13. The highest BCUT2D eigenvalue weighted by Crippen LogP contribution is 2.09. The van der Waals surface area contributed by atoms with E-state index < -0.39 is 0 Å². The fourth-order valence-corrected chi connectivity index (χ4v) is 2.32. The van der Waals surface area contributed by atoms with E-state index in [1.54, 1.807) is 0 Å². The maximum Gasteiger partial charge on any atom is 0.0178 e. The maximum atomic E-state index is 3.56. The quantitative estimate of drug-likeness (QED) is 0.291. The Morgan fingerprint density at radius 1 is 1.00 bits per heavy atom. The summed E-state index contributed by atoms with van der Waals surface area (Å²) in [5.41, 5.74) is 5.17. The summed E-state index contributed by atoms with van der Waals surface area (Å²) in [6, 6.07) is 8.62. The summed E-state index contributed by atoms with van der Waals surface area (Å²) in [4.78, 5) is 0. The van der Waals surface area contributed by atoms with Crippen LogP contribution < -0.4 is 5.32 Å². The van der Waals surface area contributed by atoms with Crippen LogP contribution >= 0.6 is 0 Å². The van der Waals surface area contributed by atoms with E-state index in [0.717, 1.165) is 32.2 Å². The minimum absolute atomic E-state index is 0.968. The van der Waals surface area contributed by atoms with Gasteiger partial charge < -0.3 is 5.32 Å². The van der Waals surface area contributed by atoms with Crippen LogP contribution in [0.4, 0.5) is 0 Å². The topological polar surface area (TPSA) is 12.0 Å². The van der Waals surface area contributed by atoms with Crippen LogP contribution in [0.3, 0.4) is 0 Å². The minimum atomic E-state index is 0.968. The van der Waals surface area contributed by atoms with Crippen LogP contribution in [-0.4, -0.2) is 6.54 Å². The molecule has 1 aromatic rings. The van der Waals surface area contributed by atoms with Crippen LogP contribution in [0, 0.1) is 6.92 Å². The lowest BCUT2D eigenvalue weighted by molar-refractivity contribution is 0.775. The van der Waals surface area contributed by atoms with Crippen molar-refractivity contribution < 1.29 is 0 Å². The number of hydrogen-bond donors (Lipinski definition) is 1. The van der Waals surface area contributed by atoms with Crippen LogP contribution in [-0.2, 0) is 0 Å². The average Bonchev–Trinajstić information content (AvgIpc) is 2.59. The molecule has 24 heavy (non-hydrogen) atoms. The van der Waals surface area contributed by atoms with Crippen LogP contribution in [0.1, 0.15) is 57.6 Å². The van der Waals surface area contributed by atoms with Gasteiger partial charge in [-0.2, -0.15) is 0 Å². The van der Waals surface area contributed by atoms with E-state index in [-0.39, 0.29) is 0 Å². The van der Waals surface area contributed by atoms with E-state index in [9.17, 15) is 0 Å². The summed E-state index contributed by atoms with van der Waals surface area (Å²) >= 11 is 0. The number of aryl methyl sites for hydroxylation is 1. The van der Waals surface area contributed by atoms with Crippen molar-refractivity contribution in [1.82, 2.24) is 5.32 Å². The Morgan fingerprint density at radius 3 is 2.42 bits per heavy atom. The molecule has 0 unspecified atom stereocenters. The number of rotatable bonds is 10. The molecule has 0 aliphatic heterocycles. The largest absolute Gasteiger partial charge is 0.388 e. The molecule has 0 amide bonds. The van der Waals surface area contributed by atoms with Crippen LogP contribution in [0.5, 0.6) is 0 Å². The first-order valence-corrected chi connectivity index (χ1v) is 9.15. The molecule has 0 aliphatic rings. The van der Waals surface area contributed by atoms with E-state index in [0.29, 0.717) is 0 Å². The lowest BCUT2D eigenvalue weighted by atomic mass is 10.1. The number of allylic oxidation sites excluding steroid dienone is 5. The van der Waals surface area contributed by atoms with E-state index in [1.807, 2.05) is 0 Å². The van der Waals surface area contributed by atoms with Gasteiger partial charge in [-0.15, -0.1) is 0 Å². The van der Waals surface area contributed by atoms with Gasteiger partial charge in [-0.25, -0.2) is 0 Å². The zero-order valence-corrected chi connectivity index (χ0v) is 15.8. The van der Waals surface area contributed by atoms with Gasteiger partial charge in [0, 0.05) is 18.7 Å². The van der Waals surface area contributed by atoms with E-state index in [1.165, 1.54) is 22.4 Å². The molecule has 1 N–H and O–H groups in total. The predicted molar refractivity (Wildman–Crippen MR) is 109 cm³/mol. The second kappa shape index (κ2) is 12.4. The summed E-state index contributed by atoms with van der Waals surface area (Å²) < 4.78 is 0. The molecule has 130 valence electrons. The average molecular weight is 324 g/mol. The predicted octanol–water partition coefficient (Wildman–Crippen LogP) is 6.58. The smallest absolute Gasteiger partial charge is 0.0178 e. The zero-order valence-electron chi connectivity index (χ0n) is 15.8. The lowest BCUT2D eigenvalue weighted by Gasteiger charge is -2.08. The second-order valence-corrected chi connectivity index (χ2v) is 6.13. The van der Waals surface area contributed by atoms with Crippen LogP contribution in [0.25, 0.3) is 6.08 Å². The molecule has 1 heteroatoms. The summed E-state index contributed by atoms with van der Waals surface area (Å²) in [5, 5.41) is 3.56. The number of nitrogens with one attached hydrogen (secondary N) is 1. The summed E-state index contributed by atoms with van der Waals surface area (Å²) in [5.74, 6) is 0. The third-order valence-electron chi connectivity index (χ3n) is 3.78. The summed E-state index contributed by atoms with van der Waals surface area (Å²) in [6.07, 6.45) is 17.7. The Balaban J connectivity index is 2.51. The molecular weight excluding hydrogens is 290 g/mol. The van der Waals surface area contributed by atoms with Crippen molar-refractivity contribution in [1.29, 1.82) is 0 Å². The van der Waals surface area contributed by atoms with Crippen molar-refractivity contribution in [2.24, 2.45) is 0 Å². The molecule has 0 saturated carbocycles. The van der Waals surface area contributed by atoms with Gasteiger partial charge in [-0.1, -0.05) is 85.7 Å². The number of benzene rings is 1. The number of hydrogen-bond acceptors (Lipinski definition) is 1. The molecule has 1 aromatic carbocycles. The standard InChI is InChI=1S/C23H33N/c1-5-7-8-9-19-24-23(10-6-2)18-14-21(4)13-17-22-15-11-20(3)12-16-22/h7-8,10-17,24H,5-6,9,18-19H2,1-4H3/b8-7-,17-13+,21-14-,23-10+. The zero-order chi connectivity index (χ0) is 17.6. The Hall–Kier alpha value is -2.02. The van der Waals surface area contributed by atoms with Crippen molar-refractivity contribution in [3.8, 4) is 0 Å². The Kier molecular flexibility index (Phi) is 10.4. The summed E-state index contributed by atoms with van der Waals surface area (Å²) in [6.45, 7) is 9.65. The SMILES string of the molecule is CC/C=C\CCN/C(=C/CC)C/C=C(C)\C=C\c1ccc(C)cc1. The van der Waals surface area contributed by atoms with Crippen molar-refractivity contribution >= 4 is 6.08 Å².